The van der Waals surface area contributed by atoms with E-state index in [9.17, 15) is 4.79 Å². The highest BCUT2D eigenvalue weighted by atomic mass is 79.9. The molecule has 2 aromatic rings. The van der Waals surface area contributed by atoms with Crippen LogP contribution < -0.4 is 0 Å². The van der Waals surface area contributed by atoms with Crippen molar-refractivity contribution in [3.63, 3.8) is 0 Å². The Balaban J connectivity index is 2.20. The molecule has 0 radical (unpaired) electrons. The van der Waals surface area contributed by atoms with E-state index >= 15 is 0 Å². The molecule has 0 unspecified atom stereocenters. The number of carbonyl (C=O) groups excluding carboxylic acids is 1. The Hall–Kier alpha value is -1.35. The van der Waals surface area contributed by atoms with Gasteiger partial charge >= 0.3 is 0 Å². The number of hydrogen-bond acceptors (Lipinski definition) is 1. The Morgan fingerprint density at radius 3 is 2.65 bits per heavy atom. The zero-order valence-corrected chi connectivity index (χ0v) is 10.9. The van der Waals surface area contributed by atoms with Crippen molar-refractivity contribution in [2.45, 2.75) is 19.3 Å². The second-order valence-electron chi connectivity index (χ2n) is 4.31. The predicted molar refractivity (Wildman–Crippen MR) is 71.2 cm³/mol. The number of aromatic amines is 1. The lowest BCUT2D eigenvalue weighted by Crippen LogP contribution is -2.09. The Morgan fingerprint density at radius 1 is 1.12 bits per heavy atom. The lowest BCUT2D eigenvalue weighted by Gasteiger charge is -2.12. The van der Waals surface area contributed by atoms with Crippen LogP contribution in [0.1, 0.15) is 28.8 Å². The van der Waals surface area contributed by atoms with Crippen molar-refractivity contribution in [1.82, 2.24) is 4.98 Å². The molecule has 17 heavy (non-hydrogen) atoms. The summed E-state index contributed by atoms with van der Waals surface area (Å²) in [4.78, 5) is 15.2. The highest BCUT2D eigenvalue weighted by molar-refractivity contribution is 9.10. The zero-order valence-electron chi connectivity index (χ0n) is 9.29. The number of Topliss-reactive ketones (excluding diaryl/α,β-unsaturated/α-hetero) is 1. The molecule has 3 heteroatoms. The summed E-state index contributed by atoms with van der Waals surface area (Å²) < 4.78 is 0.830. The van der Waals surface area contributed by atoms with Gasteiger partial charge in [-0.2, -0.15) is 0 Å². The van der Waals surface area contributed by atoms with Crippen LogP contribution >= 0.6 is 15.9 Å². The third kappa shape index (κ3) is 1.75. The fourth-order valence-corrected chi connectivity index (χ4v) is 3.11. The van der Waals surface area contributed by atoms with Crippen molar-refractivity contribution in [1.29, 1.82) is 0 Å². The van der Waals surface area contributed by atoms with Crippen LogP contribution in [0, 0.1) is 0 Å². The summed E-state index contributed by atoms with van der Waals surface area (Å²) in [6.07, 6.45) is 2.60. The highest BCUT2D eigenvalue weighted by Crippen LogP contribution is 2.35. The fraction of sp³-hybridized carbons (Fsp3) is 0.214. The largest absolute Gasteiger partial charge is 0.348 e. The molecule has 0 saturated carbocycles. The smallest absolute Gasteiger partial charge is 0.165 e. The molecule has 0 aliphatic heterocycles. The second-order valence-corrected chi connectivity index (χ2v) is 5.10. The van der Waals surface area contributed by atoms with Crippen molar-refractivity contribution >= 4 is 21.7 Å². The first kappa shape index (κ1) is 10.8. The third-order valence-electron chi connectivity index (χ3n) is 3.23. The lowest BCUT2D eigenvalue weighted by molar-refractivity contribution is 0.0972. The Morgan fingerprint density at radius 2 is 1.88 bits per heavy atom. The zero-order chi connectivity index (χ0) is 11.8. The van der Waals surface area contributed by atoms with E-state index in [4.69, 9.17) is 0 Å². The van der Waals surface area contributed by atoms with Gasteiger partial charge in [0.15, 0.2) is 5.78 Å². The topological polar surface area (TPSA) is 32.9 Å². The maximum absolute atomic E-state index is 11.9. The van der Waals surface area contributed by atoms with Crippen molar-refractivity contribution < 1.29 is 4.79 Å². The first-order valence-corrected chi connectivity index (χ1v) is 6.55. The predicted octanol–water partition coefficient (Wildman–Crippen LogP) is 3.96. The van der Waals surface area contributed by atoms with Crippen LogP contribution in [0.5, 0.6) is 0 Å². The van der Waals surface area contributed by atoms with Crippen LogP contribution in [0.2, 0.25) is 0 Å². The minimum atomic E-state index is 0.247. The van der Waals surface area contributed by atoms with Gasteiger partial charge in [-0.15, -0.1) is 0 Å². The van der Waals surface area contributed by atoms with Crippen LogP contribution in [0.15, 0.2) is 34.9 Å². The van der Waals surface area contributed by atoms with Crippen molar-refractivity contribution in [3.8, 4) is 11.3 Å². The van der Waals surface area contributed by atoms with Crippen LogP contribution in [0.25, 0.3) is 11.3 Å². The number of hydrogen-bond donors (Lipinski definition) is 1. The van der Waals surface area contributed by atoms with Crippen LogP contribution in [0.4, 0.5) is 0 Å². The Labute approximate surface area is 108 Å². The molecule has 0 saturated heterocycles. The van der Waals surface area contributed by atoms with Gasteiger partial charge in [-0.05, 0) is 39.9 Å². The summed E-state index contributed by atoms with van der Waals surface area (Å²) in [5, 5.41) is 0. The molecule has 0 bridgehead atoms. The number of ketones is 1. The van der Waals surface area contributed by atoms with Gasteiger partial charge in [0.25, 0.3) is 0 Å². The van der Waals surface area contributed by atoms with E-state index in [1.165, 1.54) is 5.56 Å². The monoisotopic (exact) mass is 289 g/mol. The Bertz CT molecular complexity index is 571. The van der Waals surface area contributed by atoms with Gasteiger partial charge in [0, 0.05) is 6.42 Å². The second kappa shape index (κ2) is 4.15. The maximum atomic E-state index is 11.9. The number of benzene rings is 1. The standard InChI is InChI=1S/C14H12BrNO/c15-14-12-10(7-4-8-11(12)17)13(16-14)9-5-2-1-3-6-9/h1-3,5-6,16H,4,7-8H2. The van der Waals surface area contributed by atoms with E-state index in [2.05, 4.69) is 33.0 Å². The van der Waals surface area contributed by atoms with Crippen molar-refractivity contribution in [3.05, 3.63) is 46.1 Å². The van der Waals surface area contributed by atoms with Crippen LogP contribution in [-0.4, -0.2) is 10.8 Å². The molecular formula is C14H12BrNO. The third-order valence-corrected chi connectivity index (χ3v) is 3.82. The van der Waals surface area contributed by atoms with Crippen LogP contribution in [-0.2, 0) is 6.42 Å². The maximum Gasteiger partial charge on any atom is 0.165 e. The number of nitrogens with one attached hydrogen (secondary N) is 1. The summed E-state index contributed by atoms with van der Waals surface area (Å²) in [6, 6.07) is 10.2. The van der Waals surface area contributed by atoms with Gasteiger partial charge in [0.2, 0.25) is 0 Å². The minimum absolute atomic E-state index is 0.247. The number of H-pyrrole nitrogens is 1. The van der Waals surface area contributed by atoms with Crippen LogP contribution in [0.3, 0.4) is 0 Å². The first-order valence-electron chi connectivity index (χ1n) is 5.76. The summed E-state index contributed by atoms with van der Waals surface area (Å²) in [5.41, 5.74) is 4.25. The van der Waals surface area contributed by atoms with Crippen molar-refractivity contribution in [2.75, 3.05) is 0 Å². The average molecular weight is 290 g/mol. The molecule has 0 amide bonds. The molecule has 3 rings (SSSR count). The molecule has 1 aromatic heterocycles. The molecule has 1 aromatic carbocycles. The van der Waals surface area contributed by atoms with E-state index in [1.54, 1.807) is 0 Å². The summed E-state index contributed by atoms with van der Waals surface area (Å²) in [6.45, 7) is 0. The normalized spacial score (nSPS) is 14.8. The highest BCUT2D eigenvalue weighted by Gasteiger charge is 2.25. The first-order chi connectivity index (χ1) is 8.27. The van der Waals surface area contributed by atoms with Gasteiger partial charge in [-0.25, -0.2) is 0 Å². The fourth-order valence-electron chi connectivity index (χ4n) is 2.45. The summed E-state index contributed by atoms with van der Waals surface area (Å²) >= 11 is 3.46. The average Bonchev–Trinajstić information content (AvgIpc) is 2.69. The molecule has 0 spiro atoms. The molecule has 0 fully saturated rings. The molecule has 0 atom stereocenters. The molecule has 1 aliphatic rings. The molecular weight excluding hydrogens is 278 g/mol. The van der Waals surface area contributed by atoms with E-state index in [-0.39, 0.29) is 5.78 Å². The minimum Gasteiger partial charge on any atom is -0.348 e. The number of rotatable bonds is 1. The molecule has 2 nitrogen and oxygen atoms in total. The molecule has 1 heterocycles. The van der Waals surface area contributed by atoms with Gasteiger partial charge in [-0.3, -0.25) is 4.79 Å². The van der Waals surface area contributed by atoms with Gasteiger partial charge in [-0.1, -0.05) is 30.3 Å². The molecule has 86 valence electrons. The number of fused-ring (bicyclic) bond motifs is 1. The summed E-state index contributed by atoms with van der Waals surface area (Å²) in [7, 11) is 0. The summed E-state index contributed by atoms with van der Waals surface area (Å²) in [5.74, 6) is 0.247. The Kier molecular flexibility index (Phi) is 2.63. The van der Waals surface area contributed by atoms with Gasteiger partial charge in [0.05, 0.1) is 15.9 Å². The van der Waals surface area contributed by atoms with E-state index in [0.29, 0.717) is 6.42 Å². The molecule has 1 N–H and O–H groups in total. The van der Waals surface area contributed by atoms with Gasteiger partial charge < -0.3 is 4.98 Å². The quantitative estimate of drug-likeness (QED) is 0.847. The van der Waals surface area contributed by atoms with E-state index in [1.807, 2.05) is 18.2 Å². The number of aromatic nitrogens is 1. The van der Waals surface area contributed by atoms with Crippen molar-refractivity contribution in [2.24, 2.45) is 0 Å². The SMILES string of the molecule is O=C1CCCc2c(-c3ccccc3)[nH]c(Br)c21. The molecule has 1 aliphatic carbocycles. The number of carbonyl (C=O) groups is 1. The number of halogens is 1. The lowest BCUT2D eigenvalue weighted by atomic mass is 9.91. The van der Waals surface area contributed by atoms with E-state index in [0.717, 1.165) is 34.3 Å². The van der Waals surface area contributed by atoms with Gasteiger partial charge in [0.1, 0.15) is 0 Å². The van der Waals surface area contributed by atoms with E-state index < -0.39 is 0 Å².